The van der Waals surface area contributed by atoms with Crippen LogP contribution in [0.5, 0.6) is 5.75 Å². The maximum Gasteiger partial charge on any atom is 0.245 e. The second-order valence-electron chi connectivity index (χ2n) is 4.17. The molecule has 0 fully saturated rings. The van der Waals surface area contributed by atoms with Crippen LogP contribution in [-0.2, 0) is 4.74 Å². The molecule has 2 aliphatic heterocycles. The van der Waals surface area contributed by atoms with Crippen molar-refractivity contribution in [3.8, 4) is 11.8 Å². The summed E-state index contributed by atoms with van der Waals surface area (Å²) in [4.78, 5) is 0. The quantitative estimate of drug-likeness (QED) is 0.724. The van der Waals surface area contributed by atoms with E-state index >= 15 is 0 Å². The van der Waals surface area contributed by atoms with Gasteiger partial charge in [-0.25, -0.2) is 0 Å². The predicted molar refractivity (Wildman–Crippen MR) is 65.1 cm³/mol. The molecule has 0 radical (unpaired) electrons. The molecule has 1 unspecified atom stereocenters. The molecule has 3 rings (SSSR count). The van der Waals surface area contributed by atoms with Crippen molar-refractivity contribution in [2.24, 2.45) is 5.73 Å². The number of nitrogens with one attached hydrogen (secondary N) is 1. The van der Waals surface area contributed by atoms with E-state index in [0.29, 0.717) is 11.5 Å². The number of benzene rings is 1. The number of ether oxygens (including phenoxy) is 2. The van der Waals surface area contributed by atoms with E-state index in [9.17, 15) is 5.26 Å². The summed E-state index contributed by atoms with van der Waals surface area (Å²) in [6, 6.07) is 9.52. The summed E-state index contributed by atoms with van der Waals surface area (Å²) in [7, 11) is 0. The van der Waals surface area contributed by atoms with E-state index < -0.39 is 5.72 Å². The number of hydrogen-bond donors (Lipinski definition) is 2. The van der Waals surface area contributed by atoms with E-state index in [4.69, 9.17) is 15.2 Å². The highest BCUT2D eigenvalue weighted by molar-refractivity contribution is 5.67. The first-order valence-corrected chi connectivity index (χ1v) is 5.48. The van der Waals surface area contributed by atoms with E-state index in [1.807, 2.05) is 30.3 Å². The fourth-order valence-corrected chi connectivity index (χ4v) is 2.17. The summed E-state index contributed by atoms with van der Waals surface area (Å²) >= 11 is 0. The number of allylic oxidation sites excluding steroid dienone is 1. The van der Waals surface area contributed by atoms with Gasteiger partial charge in [0.15, 0.2) is 5.57 Å². The molecule has 90 valence electrons. The molecule has 1 aromatic rings. The Labute approximate surface area is 104 Å². The van der Waals surface area contributed by atoms with Gasteiger partial charge in [-0.1, -0.05) is 12.1 Å². The van der Waals surface area contributed by atoms with Crippen LogP contribution in [0, 0.1) is 11.3 Å². The van der Waals surface area contributed by atoms with Crippen molar-refractivity contribution in [3.63, 3.8) is 0 Å². The normalized spacial score (nSPS) is 24.6. The number of nitrogens with two attached hydrogens (primary N) is 1. The molecule has 0 bridgehead atoms. The second-order valence-corrected chi connectivity index (χ2v) is 4.17. The zero-order valence-electron chi connectivity index (χ0n) is 9.73. The highest BCUT2D eigenvalue weighted by Crippen LogP contribution is 2.42. The van der Waals surface area contributed by atoms with Gasteiger partial charge in [0.05, 0.1) is 5.69 Å². The van der Waals surface area contributed by atoms with Gasteiger partial charge in [0.2, 0.25) is 11.6 Å². The van der Waals surface area contributed by atoms with E-state index in [1.54, 1.807) is 13.0 Å². The molecule has 0 amide bonds. The summed E-state index contributed by atoms with van der Waals surface area (Å²) in [6.45, 7) is 1.76. The molecule has 3 N–H and O–H groups in total. The summed E-state index contributed by atoms with van der Waals surface area (Å²) in [6.07, 6.45) is 1.71. The summed E-state index contributed by atoms with van der Waals surface area (Å²) in [5.41, 5.74) is 5.74. The molecule has 5 nitrogen and oxygen atoms in total. The van der Waals surface area contributed by atoms with Gasteiger partial charge in [0.1, 0.15) is 17.6 Å². The molecular weight excluding hydrogens is 230 g/mol. The van der Waals surface area contributed by atoms with Crippen molar-refractivity contribution in [1.82, 2.24) is 0 Å². The van der Waals surface area contributed by atoms with Gasteiger partial charge in [-0.2, -0.15) is 5.26 Å². The van der Waals surface area contributed by atoms with Gasteiger partial charge < -0.3 is 20.5 Å². The second kappa shape index (κ2) is 3.44. The first-order valence-electron chi connectivity index (χ1n) is 5.48. The highest BCUT2D eigenvalue weighted by Gasteiger charge is 2.45. The van der Waals surface area contributed by atoms with Crippen LogP contribution >= 0.6 is 0 Å². The third-order valence-corrected chi connectivity index (χ3v) is 2.89. The number of hydrogen-bond acceptors (Lipinski definition) is 5. The van der Waals surface area contributed by atoms with E-state index in [1.165, 1.54) is 0 Å². The molecule has 5 heteroatoms. The Balaban J connectivity index is 2.12. The fourth-order valence-electron chi connectivity index (χ4n) is 2.17. The SMILES string of the molecule is CC1=CC2(Nc3ccccc3O2)C(C#N)=C(N)O1. The topological polar surface area (TPSA) is 80.3 Å². The molecule has 1 spiro atoms. The highest BCUT2D eigenvalue weighted by atomic mass is 16.5. The molecule has 0 saturated heterocycles. The standard InChI is InChI=1S/C13H11N3O2/c1-8-6-13(9(7-14)12(15)17-8)16-10-4-2-3-5-11(10)18-13/h2-6,16H,15H2,1H3. The van der Waals surface area contributed by atoms with Gasteiger partial charge in [-0.15, -0.1) is 0 Å². The average Bonchev–Trinajstić information content (AvgIpc) is 2.66. The lowest BCUT2D eigenvalue weighted by molar-refractivity contribution is 0.175. The molecule has 1 aromatic carbocycles. The van der Waals surface area contributed by atoms with Crippen LogP contribution in [0.4, 0.5) is 5.69 Å². The van der Waals surface area contributed by atoms with Crippen LogP contribution in [-0.4, -0.2) is 5.72 Å². The number of nitrogens with zero attached hydrogens (tertiary/aromatic N) is 1. The fraction of sp³-hybridized carbons (Fsp3) is 0.154. The van der Waals surface area contributed by atoms with Crippen molar-refractivity contribution in [2.75, 3.05) is 5.32 Å². The zero-order chi connectivity index (χ0) is 12.8. The van der Waals surface area contributed by atoms with Gasteiger partial charge in [0, 0.05) is 6.08 Å². The van der Waals surface area contributed by atoms with E-state index in [0.717, 1.165) is 5.69 Å². The minimum absolute atomic E-state index is 0.0674. The molecular formula is C13H11N3O2. The molecule has 0 saturated carbocycles. The number of anilines is 1. The lowest BCUT2D eigenvalue weighted by Gasteiger charge is -2.30. The van der Waals surface area contributed by atoms with Crippen molar-refractivity contribution < 1.29 is 9.47 Å². The predicted octanol–water partition coefficient (Wildman–Crippen LogP) is 1.82. The minimum atomic E-state index is -1.05. The van der Waals surface area contributed by atoms with Crippen LogP contribution in [0.1, 0.15) is 6.92 Å². The van der Waals surface area contributed by atoms with Crippen LogP contribution in [0.25, 0.3) is 0 Å². The Morgan fingerprint density at radius 3 is 2.89 bits per heavy atom. The van der Waals surface area contributed by atoms with Crippen LogP contribution in [0.15, 0.2) is 47.6 Å². The first-order chi connectivity index (χ1) is 8.64. The van der Waals surface area contributed by atoms with Gasteiger partial charge in [-0.3, -0.25) is 0 Å². The number of fused-ring (bicyclic) bond motifs is 1. The number of para-hydroxylation sites is 2. The number of nitriles is 1. The molecule has 2 aliphatic rings. The monoisotopic (exact) mass is 241 g/mol. The average molecular weight is 241 g/mol. The molecule has 0 aromatic heterocycles. The Kier molecular flexibility index (Phi) is 2.01. The number of rotatable bonds is 0. The van der Waals surface area contributed by atoms with E-state index in [2.05, 4.69) is 5.32 Å². The van der Waals surface area contributed by atoms with Crippen LogP contribution in [0.3, 0.4) is 0 Å². The smallest absolute Gasteiger partial charge is 0.245 e. The van der Waals surface area contributed by atoms with Gasteiger partial charge in [-0.05, 0) is 19.1 Å². The lowest BCUT2D eigenvalue weighted by Crippen LogP contribution is -2.44. The third-order valence-electron chi connectivity index (χ3n) is 2.89. The van der Waals surface area contributed by atoms with E-state index in [-0.39, 0.29) is 11.5 Å². The first kappa shape index (κ1) is 10.5. The third kappa shape index (κ3) is 1.32. The molecule has 0 aliphatic carbocycles. The van der Waals surface area contributed by atoms with Gasteiger partial charge in [0.25, 0.3) is 0 Å². The lowest BCUT2D eigenvalue weighted by atomic mass is 10.0. The maximum atomic E-state index is 9.24. The molecule has 1 atom stereocenters. The Bertz CT molecular complexity index is 600. The zero-order valence-corrected chi connectivity index (χ0v) is 9.73. The van der Waals surface area contributed by atoms with Crippen molar-refractivity contribution in [1.29, 1.82) is 5.26 Å². The van der Waals surface area contributed by atoms with Crippen molar-refractivity contribution >= 4 is 5.69 Å². The van der Waals surface area contributed by atoms with Crippen LogP contribution in [0.2, 0.25) is 0 Å². The van der Waals surface area contributed by atoms with Gasteiger partial charge >= 0.3 is 0 Å². The maximum absolute atomic E-state index is 9.24. The largest absolute Gasteiger partial charge is 0.457 e. The Morgan fingerprint density at radius 1 is 1.39 bits per heavy atom. The summed E-state index contributed by atoms with van der Waals surface area (Å²) in [5, 5.41) is 12.4. The summed E-state index contributed by atoms with van der Waals surface area (Å²) in [5.74, 6) is 1.34. The van der Waals surface area contributed by atoms with Crippen molar-refractivity contribution in [3.05, 3.63) is 47.6 Å². The molecule has 18 heavy (non-hydrogen) atoms. The minimum Gasteiger partial charge on any atom is -0.457 e. The van der Waals surface area contributed by atoms with Crippen LogP contribution < -0.4 is 15.8 Å². The van der Waals surface area contributed by atoms with Crippen molar-refractivity contribution in [2.45, 2.75) is 12.6 Å². The summed E-state index contributed by atoms with van der Waals surface area (Å²) < 4.78 is 11.1. The Hall–Kier alpha value is -2.61. The Morgan fingerprint density at radius 2 is 2.17 bits per heavy atom. The molecule has 2 heterocycles.